The number of unbranched alkanes of at least 4 members (excludes halogenated alkanes) is 5. The zero-order valence-electron chi connectivity index (χ0n) is 59.3. The summed E-state index contributed by atoms with van der Waals surface area (Å²) in [5.74, 6) is 17.2. The van der Waals surface area contributed by atoms with Gasteiger partial charge in [0.15, 0.2) is 0 Å². The van der Waals surface area contributed by atoms with Crippen LogP contribution in [0.1, 0.15) is 145 Å². The van der Waals surface area contributed by atoms with Crippen molar-refractivity contribution in [3.8, 4) is 0 Å². The molecule has 0 N–H and O–H groups in total. The van der Waals surface area contributed by atoms with Gasteiger partial charge in [-0.05, 0) is 174 Å². The molecule has 0 aromatic rings. The van der Waals surface area contributed by atoms with E-state index in [1.165, 1.54) is 24.3 Å². The van der Waals surface area contributed by atoms with Gasteiger partial charge in [-0.3, -0.25) is 19.2 Å². The third-order valence-corrected chi connectivity index (χ3v) is 22.8. The molecule has 0 saturated heterocycles. The summed E-state index contributed by atoms with van der Waals surface area (Å²) in [5.41, 5.74) is 0. The minimum atomic E-state index is 0.150. The number of amides is 4. The molecule has 0 aromatic carbocycles. The standard InChI is InChI=1S/C68H132N4O12S8/c1-7-13-49-85-50-14-18-54-90-62-26-66(74)70(34-38-82-46-42-78-10-4)30-23-59-87-52-16-20-56-92-64-28-68(76)72(36-40-84-48-44-80-12-6)32-24-60-88-53-17-21-57-91-63-27-67(75)71(35-39-83-47-43-79-11-5)31-22-58-86-51-15-19-55-89-61-25-65(73)69(29-8-2)33-37-81-45-41-77-9-3/h8H,2,7,9-64H2,1,3-6H3/i1D. The van der Waals surface area contributed by atoms with Crippen molar-refractivity contribution in [3.05, 3.63) is 12.7 Å². The predicted molar refractivity (Wildman–Crippen MR) is 409 cm³/mol. The highest BCUT2D eigenvalue weighted by molar-refractivity contribution is 8.00. The predicted octanol–water partition coefficient (Wildman–Crippen LogP) is 13.2. The maximum atomic E-state index is 13.5. The van der Waals surface area contributed by atoms with Gasteiger partial charge >= 0.3 is 0 Å². The van der Waals surface area contributed by atoms with Gasteiger partial charge in [-0.2, -0.15) is 94.1 Å². The van der Waals surface area contributed by atoms with E-state index in [9.17, 15) is 19.2 Å². The lowest BCUT2D eigenvalue weighted by Gasteiger charge is -2.23. The van der Waals surface area contributed by atoms with Crippen LogP contribution in [0.4, 0.5) is 0 Å². The van der Waals surface area contributed by atoms with Crippen LogP contribution >= 0.6 is 94.1 Å². The van der Waals surface area contributed by atoms with Gasteiger partial charge in [-0.25, -0.2) is 0 Å². The molecular formula is C68H132N4O12S8. The highest BCUT2D eigenvalue weighted by atomic mass is 32.2. The number of carbonyl (C=O) groups excluding carboxylic acids is 4. The first-order valence-corrected chi connectivity index (χ1v) is 44.3. The molecule has 0 unspecified atom stereocenters. The number of hydrogen-bond donors (Lipinski definition) is 0. The highest BCUT2D eigenvalue weighted by Crippen LogP contribution is 2.18. The van der Waals surface area contributed by atoms with Gasteiger partial charge in [0.2, 0.25) is 23.6 Å². The number of thioether (sulfide) groups is 8. The Morgan fingerprint density at radius 3 is 0.793 bits per heavy atom. The van der Waals surface area contributed by atoms with Crippen LogP contribution in [0.2, 0.25) is 0 Å². The maximum absolute atomic E-state index is 13.5. The highest BCUT2D eigenvalue weighted by Gasteiger charge is 2.17. The number of nitrogens with zero attached hydrogens (tertiary/aromatic N) is 4. The Bertz CT molecular complexity index is 1640. The number of hydrogen-bond acceptors (Lipinski definition) is 20. The molecule has 16 nitrogen and oxygen atoms in total. The van der Waals surface area contributed by atoms with Crippen molar-refractivity contribution in [2.75, 3.05) is 250 Å². The van der Waals surface area contributed by atoms with Crippen LogP contribution in [0, 0.1) is 0 Å². The second-order valence-corrected chi connectivity index (χ2v) is 31.3. The third kappa shape index (κ3) is 64.8. The Hall–Kier alpha value is 0.1000. The van der Waals surface area contributed by atoms with Crippen molar-refractivity contribution in [2.24, 2.45) is 0 Å². The van der Waals surface area contributed by atoms with Gasteiger partial charge in [0, 0.05) is 129 Å². The molecule has 0 fully saturated rings. The summed E-state index contributed by atoms with van der Waals surface area (Å²) in [4.78, 5) is 60.8. The van der Waals surface area contributed by atoms with Crippen LogP contribution < -0.4 is 0 Å². The Balaban J connectivity index is 4.52. The first-order valence-electron chi connectivity index (χ1n) is 35.7. The number of ether oxygens (including phenoxy) is 8. The molecule has 4 amide bonds. The quantitative estimate of drug-likeness (QED) is 0.0418. The first-order chi connectivity index (χ1) is 45.8. The summed E-state index contributed by atoms with van der Waals surface area (Å²) < 4.78 is 51.9. The Morgan fingerprint density at radius 1 is 0.304 bits per heavy atom. The van der Waals surface area contributed by atoms with E-state index >= 15 is 0 Å². The van der Waals surface area contributed by atoms with Gasteiger partial charge in [0.1, 0.15) is 0 Å². The molecule has 0 rings (SSSR count). The Kier molecular flexibility index (Phi) is 75.3. The van der Waals surface area contributed by atoms with Crippen LogP contribution in [0.25, 0.3) is 0 Å². The van der Waals surface area contributed by atoms with Crippen molar-refractivity contribution in [3.63, 3.8) is 0 Å². The average Bonchev–Trinajstić information content (AvgIpc) is 3.79. The monoisotopic (exact) mass is 1450 g/mol. The molecule has 0 radical (unpaired) electrons. The lowest BCUT2D eigenvalue weighted by atomic mass is 10.3. The second-order valence-electron chi connectivity index (χ2n) is 21.5. The lowest BCUT2D eigenvalue weighted by Crippen LogP contribution is -2.35. The van der Waals surface area contributed by atoms with Crippen molar-refractivity contribution >= 4 is 118 Å². The zero-order chi connectivity index (χ0) is 67.7. The molecule has 0 aliphatic carbocycles. The Labute approximate surface area is 597 Å². The molecule has 0 aliphatic heterocycles. The van der Waals surface area contributed by atoms with Gasteiger partial charge in [-0.15, -0.1) is 6.58 Å². The molecule has 0 aliphatic rings. The number of rotatable bonds is 77. The fourth-order valence-electron chi connectivity index (χ4n) is 8.71. The van der Waals surface area contributed by atoms with Gasteiger partial charge < -0.3 is 57.5 Å². The SMILES string of the molecule is [2H]CCCCSCCCCSCCC(=O)N(CCCSCCCCSCCC(=O)N(CCCSCCCCSCCC(=O)N(CCCSCCCCSCCC(=O)N(CC=C)CCOCCOCC)CCOCCOCC)CCOCCOCC)CCOCCOCC. The lowest BCUT2D eigenvalue weighted by molar-refractivity contribution is -0.132. The van der Waals surface area contributed by atoms with Gasteiger partial charge in [-0.1, -0.05) is 19.4 Å². The van der Waals surface area contributed by atoms with E-state index in [2.05, 4.69) is 6.58 Å². The largest absolute Gasteiger partial charge is 0.379 e. The topological polar surface area (TPSA) is 155 Å². The number of carbonyl (C=O) groups is 4. The minimum Gasteiger partial charge on any atom is -0.379 e. The molecule has 92 heavy (non-hydrogen) atoms. The maximum Gasteiger partial charge on any atom is 0.223 e. The van der Waals surface area contributed by atoms with Crippen LogP contribution in [0.5, 0.6) is 0 Å². The van der Waals surface area contributed by atoms with Crippen LogP contribution in [0.3, 0.4) is 0 Å². The molecule has 0 heterocycles. The third-order valence-electron chi connectivity index (χ3n) is 13.9. The van der Waals surface area contributed by atoms with Crippen molar-refractivity contribution in [2.45, 2.75) is 144 Å². The van der Waals surface area contributed by atoms with Crippen LogP contribution in [-0.2, 0) is 57.1 Å². The van der Waals surface area contributed by atoms with Crippen molar-refractivity contribution in [1.82, 2.24) is 19.6 Å². The minimum absolute atomic E-state index is 0.150. The normalized spacial score (nSPS) is 11.6. The molecule has 0 spiro atoms. The Morgan fingerprint density at radius 2 is 0.533 bits per heavy atom. The van der Waals surface area contributed by atoms with Crippen LogP contribution in [-0.4, -0.2) is 293 Å². The van der Waals surface area contributed by atoms with E-state index < -0.39 is 0 Å². The van der Waals surface area contributed by atoms with Crippen molar-refractivity contribution in [1.29, 1.82) is 0 Å². The van der Waals surface area contributed by atoms with E-state index in [-0.39, 0.29) is 23.6 Å². The molecule has 0 bridgehead atoms. The molecule has 24 heteroatoms. The van der Waals surface area contributed by atoms with E-state index in [4.69, 9.17) is 39.3 Å². The fraction of sp³-hybridized carbons (Fsp3) is 0.912. The zero-order valence-corrected chi connectivity index (χ0v) is 64.8. The molecule has 0 aromatic heterocycles. The van der Waals surface area contributed by atoms with Crippen molar-refractivity contribution < 1.29 is 58.4 Å². The average molecular weight is 1460 g/mol. The van der Waals surface area contributed by atoms with Gasteiger partial charge in [0.25, 0.3) is 0 Å². The van der Waals surface area contributed by atoms with E-state index in [1.807, 2.05) is 141 Å². The summed E-state index contributed by atoms with van der Waals surface area (Å²) in [6.45, 7) is 26.7. The molecular weight excluding hydrogens is 1320 g/mol. The first kappa shape index (κ1) is 90.1. The van der Waals surface area contributed by atoms with Gasteiger partial charge in [0.05, 0.1) is 79.3 Å². The molecule has 0 atom stereocenters. The summed E-state index contributed by atoms with van der Waals surface area (Å²) >= 11 is 15.4. The summed E-state index contributed by atoms with van der Waals surface area (Å²) in [5, 5.41) is 0. The smallest absolute Gasteiger partial charge is 0.223 e. The van der Waals surface area contributed by atoms with E-state index in [0.717, 1.165) is 171 Å². The summed E-state index contributed by atoms with van der Waals surface area (Å²) in [7, 11) is 0. The summed E-state index contributed by atoms with van der Waals surface area (Å²) in [6.07, 6.45) is 18.3. The molecule has 544 valence electrons. The summed E-state index contributed by atoms with van der Waals surface area (Å²) in [6, 6.07) is 0. The second kappa shape index (κ2) is 76.8. The van der Waals surface area contributed by atoms with E-state index in [1.54, 1.807) is 6.08 Å². The van der Waals surface area contributed by atoms with E-state index in [0.29, 0.717) is 171 Å². The fourth-order valence-corrected chi connectivity index (χ4v) is 16.3. The molecule has 0 saturated carbocycles. The van der Waals surface area contributed by atoms with Crippen LogP contribution in [0.15, 0.2) is 12.7 Å².